The number of likely N-dealkylation sites (tertiary alicyclic amines) is 1. The summed E-state index contributed by atoms with van der Waals surface area (Å²) < 4.78 is 1.99. The number of rotatable bonds is 5. The van der Waals surface area contributed by atoms with E-state index in [0.717, 1.165) is 44.1 Å². The van der Waals surface area contributed by atoms with Crippen molar-refractivity contribution in [3.63, 3.8) is 0 Å². The van der Waals surface area contributed by atoms with Gasteiger partial charge < -0.3 is 5.32 Å². The van der Waals surface area contributed by atoms with Crippen molar-refractivity contribution in [2.75, 3.05) is 18.4 Å². The molecule has 0 radical (unpaired) electrons. The summed E-state index contributed by atoms with van der Waals surface area (Å²) in [6, 6.07) is -0.157. The lowest BCUT2D eigenvalue weighted by Crippen LogP contribution is -2.47. The van der Waals surface area contributed by atoms with E-state index in [-0.39, 0.29) is 11.9 Å². The Morgan fingerprint density at radius 2 is 2.33 bits per heavy atom. The Morgan fingerprint density at radius 1 is 1.50 bits per heavy atom. The third-order valence-electron chi connectivity index (χ3n) is 4.53. The number of anilines is 1. The van der Waals surface area contributed by atoms with Crippen molar-refractivity contribution in [3.05, 3.63) is 23.2 Å². The van der Waals surface area contributed by atoms with Crippen LogP contribution in [0.2, 0.25) is 0 Å². The number of amides is 1. The van der Waals surface area contributed by atoms with E-state index < -0.39 is 0 Å². The summed E-state index contributed by atoms with van der Waals surface area (Å²) in [5.41, 5.74) is 0. The number of hydrogen-bond donors (Lipinski definition) is 1. The van der Waals surface area contributed by atoms with E-state index in [2.05, 4.69) is 25.3 Å². The molecule has 1 saturated heterocycles. The smallest absolute Gasteiger partial charge is 0.243 e. The summed E-state index contributed by atoms with van der Waals surface area (Å²) in [6.07, 6.45) is 3.96. The van der Waals surface area contributed by atoms with Crippen LogP contribution in [0, 0.1) is 19.8 Å². The third kappa shape index (κ3) is 3.99. The summed E-state index contributed by atoms with van der Waals surface area (Å²) >= 11 is 1.44. The van der Waals surface area contributed by atoms with Crippen LogP contribution in [0.1, 0.15) is 31.4 Å². The molecule has 0 bridgehead atoms. The van der Waals surface area contributed by atoms with Gasteiger partial charge in [0.15, 0.2) is 5.13 Å². The molecule has 0 saturated carbocycles. The molecule has 1 N–H and O–H groups in total. The van der Waals surface area contributed by atoms with Crippen LogP contribution in [0.15, 0.2) is 11.6 Å². The Bertz CT molecular complexity index is 683. The largest absolute Gasteiger partial charge is 0.301 e. The van der Waals surface area contributed by atoms with Crippen molar-refractivity contribution in [3.8, 4) is 0 Å². The molecule has 0 aliphatic carbocycles. The predicted octanol–water partition coefficient (Wildman–Crippen LogP) is 2.09. The lowest BCUT2D eigenvalue weighted by atomic mass is 9.96. The molecule has 3 heterocycles. The van der Waals surface area contributed by atoms with E-state index in [9.17, 15) is 4.79 Å². The van der Waals surface area contributed by atoms with Gasteiger partial charge in [0, 0.05) is 24.7 Å². The van der Waals surface area contributed by atoms with Gasteiger partial charge in [0.05, 0.1) is 6.04 Å². The van der Waals surface area contributed by atoms with Gasteiger partial charge >= 0.3 is 0 Å². The molecular weight excluding hydrogens is 324 g/mol. The van der Waals surface area contributed by atoms with Gasteiger partial charge in [0.1, 0.15) is 11.6 Å². The molecule has 1 amide bonds. The molecule has 0 spiro atoms. The second kappa shape index (κ2) is 7.40. The van der Waals surface area contributed by atoms with Crippen LogP contribution in [0.4, 0.5) is 5.13 Å². The number of nitrogens with one attached hydrogen (secondary N) is 1. The van der Waals surface area contributed by atoms with E-state index in [1.807, 2.05) is 30.8 Å². The van der Waals surface area contributed by atoms with E-state index in [1.165, 1.54) is 11.3 Å². The fourth-order valence-electron chi connectivity index (χ4n) is 3.24. The molecule has 1 fully saturated rings. The monoisotopic (exact) mass is 348 g/mol. The van der Waals surface area contributed by atoms with Gasteiger partial charge in [-0.05, 0) is 46.1 Å². The summed E-state index contributed by atoms with van der Waals surface area (Å²) in [4.78, 5) is 23.2. The first-order valence-electron chi connectivity index (χ1n) is 8.35. The average Bonchev–Trinajstić information content (AvgIpc) is 3.17. The lowest BCUT2D eigenvalue weighted by molar-refractivity contribution is -0.121. The summed E-state index contributed by atoms with van der Waals surface area (Å²) in [6.45, 7) is 8.61. The molecule has 0 unspecified atom stereocenters. The average molecular weight is 348 g/mol. The number of piperidine rings is 1. The molecule has 2 aromatic rings. The Kier molecular flexibility index (Phi) is 5.25. The van der Waals surface area contributed by atoms with E-state index >= 15 is 0 Å². The van der Waals surface area contributed by atoms with Gasteiger partial charge in [-0.3, -0.25) is 9.69 Å². The Labute approximate surface area is 146 Å². The van der Waals surface area contributed by atoms with Crippen molar-refractivity contribution in [1.29, 1.82) is 0 Å². The molecule has 0 aromatic carbocycles. The number of aromatic nitrogens is 4. The zero-order valence-electron chi connectivity index (χ0n) is 14.4. The minimum Gasteiger partial charge on any atom is -0.301 e. The van der Waals surface area contributed by atoms with Gasteiger partial charge in [-0.2, -0.15) is 5.10 Å². The minimum atomic E-state index is -0.157. The topological polar surface area (TPSA) is 75.9 Å². The summed E-state index contributed by atoms with van der Waals surface area (Å²) in [5.74, 6) is 2.28. The molecule has 1 aliphatic heterocycles. The van der Waals surface area contributed by atoms with Gasteiger partial charge in [0.2, 0.25) is 5.91 Å². The number of carbonyl (C=O) groups excluding carboxylic acids is 1. The van der Waals surface area contributed by atoms with Crippen molar-refractivity contribution in [1.82, 2.24) is 24.6 Å². The quantitative estimate of drug-likeness (QED) is 0.895. The standard InChI is InChI=1S/C16H24N6OS/c1-11(15(23)19-16-17-6-8-24-16)21-7-4-5-14(9-21)10-22-13(3)18-12(2)20-22/h6,8,11,14H,4-5,7,9-10H2,1-3H3,(H,17,19,23)/t11-,14-/m1/s1. The maximum atomic E-state index is 12.4. The molecular formula is C16H24N6OS. The highest BCUT2D eigenvalue weighted by Gasteiger charge is 2.28. The molecule has 130 valence electrons. The van der Waals surface area contributed by atoms with Gasteiger partial charge in [-0.15, -0.1) is 11.3 Å². The van der Waals surface area contributed by atoms with Crippen LogP contribution in [0.5, 0.6) is 0 Å². The van der Waals surface area contributed by atoms with Crippen LogP contribution in [-0.2, 0) is 11.3 Å². The molecule has 3 rings (SSSR count). The van der Waals surface area contributed by atoms with Crippen molar-refractivity contribution in [2.45, 2.75) is 46.2 Å². The number of nitrogens with zero attached hydrogens (tertiary/aromatic N) is 5. The summed E-state index contributed by atoms with van der Waals surface area (Å²) in [7, 11) is 0. The second-order valence-electron chi connectivity index (χ2n) is 6.39. The molecule has 1 aliphatic rings. The first kappa shape index (κ1) is 17.0. The minimum absolute atomic E-state index is 0.0124. The maximum absolute atomic E-state index is 12.4. The number of thiazole rings is 1. The van der Waals surface area contributed by atoms with Gasteiger partial charge in [0.25, 0.3) is 0 Å². The number of aryl methyl sites for hydroxylation is 2. The molecule has 7 nitrogen and oxygen atoms in total. The Hall–Kier alpha value is -1.80. The third-order valence-corrected chi connectivity index (χ3v) is 5.22. The van der Waals surface area contributed by atoms with E-state index in [0.29, 0.717) is 11.0 Å². The van der Waals surface area contributed by atoms with Crippen LogP contribution in [0.25, 0.3) is 0 Å². The van der Waals surface area contributed by atoms with Crippen molar-refractivity contribution in [2.24, 2.45) is 5.92 Å². The van der Waals surface area contributed by atoms with Crippen LogP contribution >= 0.6 is 11.3 Å². The fraction of sp³-hybridized carbons (Fsp3) is 0.625. The Balaban J connectivity index is 1.58. The second-order valence-corrected chi connectivity index (χ2v) is 7.29. The normalized spacial score (nSPS) is 20.0. The van der Waals surface area contributed by atoms with Crippen LogP contribution in [0.3, 0.4) is 0 Å². The van der Waals surface area contributed by atoms with Gasteiger partial charge in [-0.1, -0.05) is 0 Å². The lowest BCUT2D eigenvalue weighted by Gasteiger charge is -2.36. The van der Waals surface area contributed by atoms with Gasteiger partial charge in [-0.25, -0.2) is 14.6 Å². The number of carbonyl (C=O) groups is 1. The van der Waals surface area contributed by atoms with Crippen LogP contribution < -0.4 is 5.32 Å². The highest BCUT2D eigenvalue weighted by atomic mass is 32.1. The predicted molar refractivity (Wildman–Crippen MR) is 94.0 cm³/mol. The SMILES string of the molecule is Cc1nc(C)n(C[C@@H]2CCCN([C@H](C)C(=O)Nc3nccs3)C2)n1. The number of hydrogen-bond acceptors (Lipinski definition) is 6. The first-order chi connectivity index (χ1) is 11.5. The van der Waals surface area contributed by atoms with E-state index in [1.54, 1.807) is 6.20 Å². The molecule has 2 aromatic heterocycles. The summed E-state index contributed by atoms with van der Waals surface area (Å²) in [5, 5.41) is 9.88. The maximum Gasteiger partial charge on any atom is 0.243 e. The highest BCUT2D eigenvalue weighted by Crippen LogP contribution is 2.21. The zero-order valence-corrected chi connectivity index (χ0v) is 15.2. The van der Waals surface area contributed by atoms with Crippen LogP contribution in [-0.4, -0.2) is 49.7 Å². The molecule has 8 heteroatoms. The fourth-order valence-corrected chi connectivity index (χ4v) is 3.77. The Morgan fingerprint density at radius 3 is 3.00 bits per heavy atom. The highest BCUT2D eigenvalue weighted by molar-refractivity contribution is 7.13. The van der Waals surface area contributed by atoms with Crippen molar-refractivity contribution < 1.29 is 4.79 Å². The molecule has 2 atom stereocenters. The zero-order chi connectivity index (χ0) is 17.1. The van der Waals surface area contributed by atoms with E-state index in [4.69, 9.17) is 0 Å². The van der Waals surface area contributed by atoms with Crippen molar-refractivity contribution >= 4 is 22.4 Å². The molecule has 24 heavy (non-hydrogen) atoms. The first-order valence-corrected chi connectivity index (χ1v) is 9.23.